The van der Waals surface area contributed by atoms with Crippen molar-refractivity contribution in [2.24, 2.45) is 0 Å². The van der Waals surface area contributed by atoms with E-state index in [0.717, 1.165) is 0 Å². The van der Waals surface area contributed by atoms with Crippen LogP contribution in [0.15, 0.2) is 60.7 Å². The van der Waals surface area contributed by atoms with Crippen LogP contribution in [0.25, 0.3) is 0 Å². The molecule has 0 bridgehead atoms. The van der Waals surface area contributed by atoms with E-state index in [0.29, 0.717) is 0 Å². The van der Waals surface area contributed by atoms with Crippen LogP contribution in [0.4, 0.5) is 0 Å². The molecule has 0 nitrogen and oxygen atoms in total. The normalized spacial score (nSPS) is 14.0. The molecule has 0 aliphatic carbocycles. The van der Waals surface area contributed by atoms with Crippen molar-refractivity contribution < 1.29 is 0 Å². The first-order chi connectivity index (χ1) is 9.86. The topological polar surface area (TPSA) is 0 Å². The molecule has 0 amide bonds. The maximum absolute atomic E-state index is 5.42. The summed E-state index contributed by atoms with van der Waals surface area (Å²) in [6.45, 7) is 0. The summed E-state index contributed by atoms with van der Waals surface area (Å²) in [7, 11) is 25.0. The molecule has 0 N–H and O–H groups in total. The molecule has 0 aliphatic rings. The number of halogens is 6. The molecule has 0 aliphatic heterocycles. The van der Waals surface area contributed by atoms with E-state index in [1.54, 1.807) is 11.4 Å². The minimum atomic E-state index is -5.42. The first-order valence-corrected chi connectivity index (χ1v) is 26.6. The minimum absolute atomic E-state index is 1.29. The summed E-state index contributed by atoms with van der Waals surface area (Å²) in [5, 5.41) is 0. The van der Waals surface area contributed by atoms with Crippen molar-refractivity contribution in [2.75, 3.05) is 6.26 Å². The quantitative estimate of drug-likeness (QED) is 0.169. The van der Waals surface area contributed by atoms with Crippen LogP contribution in [-0.4, -0.2) is 20.3 Å². The summed E-state index contributed by atoms with van der Waals surface area (Å²) in [6.07, 6.45) is 2.12. The van der Waals surface area contributed by atoms with Crippen LogP contribution in [0, 0.1) is 0 Å². The Morgan fingerprint density at radius 3 is 1.18 bits per heavy atom. The van der Waals surface area contributed by atoms with Crippen molar-refractivity contribution in [2.45, 2.75) is 0 Å². The van der Waals surface area contributed by atoms with Crippen LogP contribution in [0.2, 0.25) is 0 Å². The molecule has 0 fully saturated rings. The van der Waals surface area contributed by atoms with Gasteiger partial charge in [0.15, 0.2) is 17.6 Å². The van der Waals surface area contributed by atoms with E-state index in [4.69, 9.17) is 53.0 Å². The molecule has 0 unspecified atom stereocenters. The number of hydrogen-bond acceptors (Lipinski definition) is 0. The molecule has 2 aromatic carbocycles. The van der Waals surface area contributed by atoms with Gasteiger partial charge >= 0.3 is 62.1 Å². The summed E-state index contributed by atoms with van der Waals surface area (Å²) in [6, 6.07) is 21.0. The average molecular weight is 548 g/mol. The van der Waals surface area contributed by atoms with E-state index in [-0.39, 0.29) is 0 Å². The Hall–Kier alpha value is 1.09. The van der Waals surface area contributed by atoms with E-state index in [9.17, 15) is 0 Å². The van der Waals surface area contributed by atoms with E-state index < -0.39 is 9.14 Å². The van der Waals surface area contributed by atoms with Gasteiger partial charge in [0.25, 0.3) is 0 Å². The van der Waals surface area contributed by atoms with Gasteiger partial charge in [0.2, 0.25) is 4.86 Å². The molecule has 0 atom stereocenters. The Labute approximate surface area is 154 Å². The fraction of sp³-hybridized carbons (Fsp3) is 0.0714. The summed E-state index contributed by atoms with van der Waals surface area (Å²) in [4.78, 5) is 1.33. The van der Waals surface area contributed by atoms with E-state index in [1.165, 1.54) is 16.0 Å². The number of benzene rings is 2. The Bertz CT molecular complexity index is 582. The van der Waals surface area contributed by atoms with Gasteiger partial charge in [-0.05, 0) is 24.3 Å². The third kappa shape index (κ3) is 11.6. The van der Waals surface area contributed by atoms with E-state index in [1.807, 2.05) is 12.1 Å². The first kappa shape index (κ1) is 21.1. The number of rotatable bonds is 2. The predicted molar refractivity (Wildman–Crippen MR) is 110 cm³/mol. The zero-order chi connectivity index (χ0) is 16.9. The molecular weight excluding hydrogens is 535 g/mol. The third-order valence-electron chi connectivity index (χ3n) is 2.28. The van der Waals surface area contributed by atoms with Crippen molar-refractivity contribution in [3.05, 3.63) is 71.8 Å². The van der Waals surface area contributed by atoms with Crippen LogP contribution < -0.4 is 0 Å². The third-order valence-corrected chi connectivity index (χ3v) is 3.16. The summed E-state index contributed by atoms with van der Waals surface area (Å²) in [5.74, 6) is 0. The number of hydrogen-bond donors (Lipinski definition) is 0. The van der Waals surface area contributed by atoms with E-state index in [2.05, 4.69) is 54.8 Å². The van der Waals surface area contributed by atoms with Crippen molar-refractivity contribution in [3.63, 3.8) is 0 Å². The Morgan fingerprint density at radius 2 is 0.955 bits per heavy atom. The van der Waals surface area contributed by atoms with Gasteiger partial charge in [-0.15, -0.1) is 0 Å². The van der Waals surface area contributed by atoms with Crippen LogP contribution >= 0.6 is 53.0 Å². The Morgan fingerprint density at radius 1 is 0.682 bits per heavy atom. The maximum atomic E-state index is 5.06. The molecule has 122 valence electrons. The van der Waals surface area contributed by atoms with Crippen molar-refractivity contribution >= 4 is 78.3 Å². The summed E-state index contributed by atoms with van der Waals surface area (Å²) >= 11 is 1.79. The van der Waals surface area contributed by atoms with E-state index >= 15 is 0 Å². The Kier molecular flexibility index (Phi) is 7.24. The first-order valence-electron chi connectivity index (χ1n) is 5.95. The molecule has 0 heterocycles. The summed E-state index contributed by atoms with van der Waals surface area (Å²) < 4.78 is 0. The fourth-order valence-electron chi connectivity index (χ4n) is 1.58. The molecule has 0 aromatic heterocycles. The zero-order valence-corrected chi connectivity index (χ0v) is 19.3. The summed E-state index contributed by atoms with van der Waals surface area (Å²) in [5.41, 5.74) is 2.58. The second kappa shape index (κ2) is 7.54. The molecule has 0 spiro atoms. The van der Waals surface area contributed by atoms with Crippen molar-refractivity contribution in [1.29, 1.82) is 0 Å². The second-order valence-electron chi connectivity index (χ2n) is 4.22. The van der Waals surface area contributed by atoms with Gasteiger partial charge in [-0.2, -0.15) is 0 Å². The van der Waals surface area contributed by atoms with Gasteiger partial charge in [-0.25, -0.2) is 0 Å². The molecule has 8 heteroatoms. The molecular formula is C14H13Cl6SSb. The van der Waals surface area contributed by atoms with Crippen LogP contribution in [0.5, 0.6) is 0 Å². The zero-order valence-electron chi connectivity index (χ0n) is 11.4. The second-order valence-corrected chi connectivity index (χ2v) is 61.9. The van der Waals surface area contributed by atoms with Crippen LogP contribution in [-0.2, 0) is 11.4 Å². The van der Waals surface area contributed by atoms with Crippen LogP contribution in [0.3, 0.4) is 0 Å². The monoisotopic (exact) mass is 544 g/mol. The SMILES string of the molecule is C[S+]=C(c1ccccc1)c1ccccc1.[Cl][Sb-]([Cl])([Cl])([Cl])([Cl])[Cl]. The van der Waals surface area contributed by atoms with Crippen molar-refractivity contribution in [3.8, 4) is 0 Å². The average Bonchev–Trinajstić information content (AvgIpc) is 2.38. The van der Waals surface area contributed by atoms with Gasteiger partial charge in [-0.1, -0.05) is 36.4 Å². The molecule has 22 heavy (non-hydrogen) atoms. The Balaban J connectivity index is 0.000000295. The molecule has 0 saturated heterocycles. The predicted octanol–water partition coefficient (Wildman–Crippen LogP) is 6.72. The van der Waals surface area contributed by atoms with Gasteiger partial charge in [-0.3, -0.25) is 0 Å². The van der Waals surface area contributed by atoms with Crippen LogP contribution in [0.1, 0.15) is 11.1 Å². The fourth-order valence-corrected chi connectivity index (χ4v) is 2.32. The molecule has 2 rings (SSSR count). The standard InChI is InChI=1S/C14H13S.6ClH.Sb/c1-15-14(12-8-4-2-5-9-12)13-10-6-3-7-11-13;;;;;;;/h2-11H,1H3;6*1H;/q+1;;;;;;;+5/p-6. The van der Waals surface area contributed by atoms with Gasteiger partial charge in [0.1, 0.15) is 0 Å². The molecule has 0 radical (unpaired) electrons. The van der Waals surface area contributed by atoms with Gasteiger partial charge in [0, 0.05) is 11.1 Å². The molecule has 0 saturated carbocycles. The van der Waals surface area contributed by atoms with Crippen molar-refractivity contribution in [1.82, 2.24) is 0 Å². The van der Waals surface area contributed by atoms with Gasteiger partial charge < -0.3 is 0 Å². The molecule has 2 aromatic rings. The van der Waals surface area contributed by atoms with Gasteiger partial charge in [0.05, 0.1) is 0 Å².